The number of benzene rings is 1. The van der Waals surface area contributed by atoms with Crippen molar-refractivity contribution in [2.24, 2.45) is 5.92 Å². The summed E-state index contributed by atoms with van der Waals surface area (Å²) in [7, 11) is 0. The highest BCUT2D eigenvalue weighted by Gasteiger charge is 2.34. The summed E-state index contributed by atoms with van der Waals surface area (Å²) in [5.41, 5.74) is 0.661. The van der Waals surface area contributed by atoms with Gasteiger partial charge in [0.2, 0.25) is 11.8 Å². The molecule has 0 aliphatic carbocycles. The molecule has 5 heteroatoms. The lowest BCUT2D eigenvalue weighted by atomic mass is 10.1. The Morgan fingerprint density at radius 3 is 2.86 bits per heavy atom. The lowest BCUT2D eigenvalue weighted by molar-refractivity contribution is -0.128. The topological polar surface area (TPSA) is 58.6 Å². The number of carbonyl (C=O) groups excluding carboxylic acids is 2. The highest BCUT2D eigenvalue weighted by molar-refractivity contribution is 5.98. The molecule has 1 atom stereocenters. The Bertz CT molecular complexity index is 530. The molecule has 0 spiro atoms. The third-order valence-electron chi connectivity index (χ3n) is 3.81. The zero-order valence-electron chi connectivity index (χ0n) is 13.3. The molecule has 1 aromatic carbocycles. The number of hydrogen-bond donors (Lipinski definition) is 1. The smallest absolute Gasteiger partial charge is 0.229 e. The van der Waals surface area contributed by atoms with Gasteiger partial charge in [0.25, 0.3) is 0 Å². The predicted molar refractivity (Wildman–Crippen MR) is 85.8 cm³/mol. The molecule has 1 saturated heterocycles. The van der Waals surface area contributed by atoms with Gasteiger partial charge in [-0.3, -0.25) is 9.59 Å². The maximum atomic E-state index is 12.4. The van der Waals surface area contributed by atoms with Gasteiger partial charge in [-0.25, -0.2) is 0 Å². The van der Waals surface area contributed by atoms with E-state index >= 15 is 0 Å². The van der Waals surface area contributed by atoms with Gasteiger partial charge >= 0.3 is 0 Å². The van der Waals surface area contributed by atoms with E-state index in [4.69, 9.17) is 4.74 Å². The van der Waals surface area contributed by atoms with Gasteiger partial charge in [-0.1, -0.05) is 25.5 Å². The van der Waals surface area contributed by atoms with Gasteiger partial charge in [-0.2, -0.15) is 0 Å². The number of rotatable bonds is 7. The van der Waals surface area contributed by atoms with Crippen molar-refractivity contribution >= 4 is 17.5 Å². The molecule has 1 heterocycles. The van der Waals surface area contributed by atoms with Crippen LogP contribution in [0.2, 0.25) is 0 Å². The number of amides is 2. The van der Waals surface area contributed by atoms with Crippen molar-refractivity contribution in [3.63, 3.8) is 0 Å². The molecule has 2 amide bonds. The van der Waals surface area contributed by atoms with Crippen LogP contribution in [0.4, 0.5) is 5.69 Å². The summed E-state index contributed by atoms with van der Waals surface area (Å²) in [4.78, 5) is 26.1. The van der Waals surface area contributed by atoms with Crippen LogP contribution in [0.3, 0.4) is 0 Å². The minimum absolute atomic E-state index is 0.0756. The second kappa shape index (κ2) is 7.82. The van der Waals surface area contributed by atoms with Crippen LogP contribution in [0.15, 0.2) is 24.3 Å². The highest BCUT2D eigenvalue weighted by Crippen LogP contribution is 2.26. The van der Waals surface area contributed by atoms with E-state index in [0.717, 1.165) is 19.4 Å². The first-order chi connectivity index (χ1) is 10.7. The van der Waals surface area contributed by atoms with Crippen LogP contribution >= 0.6 is 0 Å². The summed E-state index contributed by atoms with van der Waals surface area (Å²) < 4.78 is 5.50. The van der Waals surface area contributed by atoms with Gasteiger partial charge in [0.15, 0.2) is 0 Å². The number of anilines is 1. The Kier molecular flexibility index (Phi) is 5.81. The van der Waals surface area contributed by atoms with Crippen molar-refractivity contribution in [1.82, 2.24) is 4.90 Å². The van der Waals surface area contributed by atoms with Crippen LogP contribution in [-0.4, -0.2) is 36.4 Å². The van der Waals surface area contributed by atoms with Crippen molar-refractivity contribution in [2.45, 2.75) is 33.1 Å². The Balaban J connectivity index is 1.97. The normalized spacial score (nSPS) is 17.6. The lowest BCUT2D eigenvalue weighted by Crippen LogP contribution is -2.29. The Morgan fingerprint density at radius 2 is 2.14 bits per heavy atom. The minimum atomic E-state index is -0.279. The average Bonchev–Trinajstić information content (AvgIpc) is 2.88. The van der Waals surface area contributed by atoms with Gasteiger partial charge in [0.05, 0.1) is 18.2 Å². The van der Waals surface area contributed by atoms with Crippen molar-refractivity contribution in [3.8, 4) is 5.75 Å². The third-order valence-corrected chi connectivity index (χ3v) is 3.81. The molecule has 0 unspecified atom stereocenters. The quantitative estimate of drug-likeness (QED) is 0.842. The molecule has 1 aromatic rings. The van der Waals surface area contributed by atoms with Crippen molar-refractivity contribution in [3.05, 3.63) is 24.3 Å². The van der Waals surface area contributed by atoms with Crippen molar-refractivity contribution in [2.75, 3.05) is 25.0 Å². The number of para-hydroxylation sites is 2. The van der Waals surface area contributed by atoms with Crippen LogP contribution in [-0.2, 0) is 9.59 Å². The van der Waals surface area contributed by atoms with E-state index in [1.165, 1.54) is 0 Å². The third kappa shape index (κ3) is 4.00. The summed E-state index contributed by atoms with van der Waals surface area (Å²) in [6.45, 7) is 5.80. The van der Waals surface area contributed by atoms with Crippen LogP contribution in [0.25, 0.3) is 0 Å². The van der Waals surface area contributed by atoms with E-state index in [1.54, 1.807) is 4.90 Å². The zero-order valence-corrected chi connectivity index (χ0v) is 13.3. The van der Waals surface area contributed by atoms with Gasteiger partial charge < -0.3 is 15.0 Å². The molecular formula is C17H24N2O3. The summed E-state index contributed by atoms with van der Waals surface area (Å²) in [6.07, 6.45) is 2.32. The van der Waals surface area contributed by atoms with Crippen LogP contribution in [0.1, 0.15) is 33.1 Å². The van der Waals surface area contributed by atoms with Crippen molar-refractivity contribution < 1.29 is 14.3 Å². The summed E-state index contributed by atoms with van der Waals surface area (Å²) in [5, 5.41) is 2.89. The van der Waals surface area contributed by atoms with Crippen LogP contribution < -0.4 is 10.1 Å². The van der Waals surface area contributed by atoms with E-state index in [1.807, 2.05) is 31.2 Å². The molecule has 1 aliphatic heterocycles. The fourth-order valence-corrected chi connectivity index (χ4v) is 2.60. The molecule has 1 fully saturated rings. The average molecular weight is 304 g/mol. The van der Waals surface area contributed by atoms with Gasteiger partial charge in [-0.05, 0) is 25.5 Å². The number of ether oxygens (including phenoxy) is 1. The summed E-state index contributed by atoms with van der Waals surface area (Å²) >= 11 is 0. The standard InChI is InChI=1S/C17H24N2O3/c1-3-5-10-19-12-13(11-16(19)20)17(21)18-14-8-6-7-9-15(14)22-4-2/h6-9,13H,3-5,10-12H2,1-2H3,(H,18,21)/t13-/m1/s1. The molecule has 22 heavy (non-hydrogen) atoms. The van der Waals surface area contributed by atoms with E-state index in [-0.39, 0.29) is 17.7 Å². The number of hydrogen-bond acceptors (Lipinski definition) is 3. The fraction of sp³-hybridized carbons (Fsp3) is 0.529. The van der Waals surface area contributed by atoms with E-state index in [9.17, 15) is 9.59 Å². The van der Waals surface area contributed by atoms with Crippen molar-refractivity contribution in [1.29, 1.82) is 0 Å². The van der Waals surface area contributed by atoms with Crippen LogP contribution in [0.5, 0.6) is 5.75 Å². The predicted octanol–water partition coefficient (Wildman–Crippen LogP) is 2.67. The van der Waals surface area contributed by atoms with E-state index in [0.29, 0.717) is 31.0 Å². The van der Waals surface area contributed by atoms with E-state index in [2.05, 4.69) is 12.2 Å². The Morgan fingerprint density at radius 1 is 1.36 bits per heavy atom. The highest BCUT2D eigenvalue weighted by atomic mass is 16.5. The zero-order chi connectivity index (χ0) is 15.9. The molecule has 120 valence electrons. The first kappa shape index (κ1) is 16.3. The monoisotopic (exact) mass is 304 g/mol. The lowest BCUT2D eigenvalue weighted by Gasteiger charge is -2.16. The summed E-state index contributed by atoms with van der Waals surface area (Å²) in [6, 6.07) is 7.36. The SMILES string of the molecule is CCCCN1C[C@H](C(=O)Nc2ccccc2OCC)CC1=O. The fourth-order valence-electron chi connectivity index (χ4n) is 2.60. The maximum absolute atomic E-state index is 12.4. The number of nitrogens with one attached hydrogen (secondary N) is 1. The maximum Gasteiger partial charge on any atom is 0.229 e. The molecule has 5 nitrogen and oxygen atoms in total. The number of nitrogens with zero attached hydrogens (tertiary/aromatic N) is 1. The Hall–Kier alpha value is -2.04. The molecule has 0 radical (unpaired) electrons. The van der Waals surface area contributed by atoms with Crippen LogP contribution in [0, 0.1) is 5.92 Å². The first-order valence-electron chi connectivity index (χ1n) is 7.96. The van der Waals surface area contributed by atoms with Gasteiger partial charge in [0, 0.05) is 19.5 Å². The molecular weight excluding hydrogens is 280 g/mol. The van der Waals surface area contributed by atoms with Gasteiger partial charge in [0.1, 0.15) is 5.75 Å². The first-order valence-corrected chi connectivity index (χ1v) is 7.96. The number of carbonyl (C=O) groups is 2. The number of unbranched alkanes of at least 4 members (excludes halogenated alkanes) is 1. The molecule has 0 bridgehead atoms. The number of likely N-dealkylation sites (tertiary alicyclic amines) is 1. The van der Waals surface area contributed by atoms with E-state index < -0.39 is 0 Å². The molecule has 0 saturated carbocycles. The van der Waals surface area contributed by atoms with Gasteiger partial charge in [-0.15, -0.1) is 0 Å². The minimum Gasteiger partial charge on any atom is -0.492 e. The second-order valence-electron chi connectivity index (χ2n) is 5.51. The molecule has 1 N–H and O–H groups in total. The second-order valence-corrected chi connectivity index (χ2v) is 5.51. The molecule has 2 rings (SSSR count). The largest absolute Gasteiger partial charge is 0.492 e. The molecule has 1 aliphatic rings. The summed E-state index contributed by atoms with van der Waals surface area (Å²) in [5.74, 6) is 0.343. The molecule has 0 aromatic heterocycles. The Labute approximate surface area is 131 Å².